The normalized spacial score (nSPS) is 13.9. The SMILES string of the molecule is CC(C)CC(NC(=O)CNC(=O)C(Cc1ccccc1)NC(=O)C(CO)NC(=O)C(CC(N)=O)NC(=O)C(Cc1c[nH]c2ccccc12)NC(=O)C(CC(N)=O)NC(=O)C(N)Cc1ccc(O)cc1)C(=O)NC(CCCN=C(N)N)C(=O)NC(Cc1ccccc1)C(N)=O. The molecule has 0 aliphatic heterocycles. The predicted octanol–water partition coefficient (Wildman–Crippen LogP) is -4.21. The number of nitrogens with one attached hydrogen (secondary N) is 10. The van der Waals surface area contributed by atoms with E-state index in [4.69, 9.17) is 34.4 Å². The zero-order chi connectivity index (χ0) is 69.0. The number of aromatic amines is 1. The molecular formula is C63H83N17O14. The van der Waals surface area contributed by atoms with Gasteiger partial charge < -0.3 is 97.5 Å². The van der Waals surface area contributed by atoms with Gasteiger partial charge in [0.2, 0.25) is 70.9 Å². The van der Waals surface area contributed by atoms with Crippen LogP contribution in [0.2, 0.25) is 0 Å². The molecule has 504 valence electrons. The molecule has 0 saturated carbocycles. The predicted molar refractivity (Wildman–Crippen MR) is 344 cm³/mol. The number of carbonyl (C=O) groups excluding carboxylic acids is 12. The Bertz CT molecular complexity index is 3470. The van der Waals surface area contributed by atoms with Crippen LogP contribution in [0.3, 0.4) is 0 Å². The molecule has 0 radical (unpaired) electrons. The second-order valence-corrected chi connectivity index (χ2v) is 22.7. The van der Waals surface area contributed by atoms with Crippen LogP contribution in [0.1, 0.15) is 68.2 Å². The number of guanidine groups is 1. The van der Waals surface area contributed by atoms with Gasteiger partial charge in [0.05, 0.1) is 32.0 Å². The van der Waals surface area contributed by atoms with Crippen LogP contribution in [0.25, 0.3) is 10.9 Å². The maximum absolute atomic E-state index is 14.5. The van der Waals surface area contributed by atoms with E-state index in [2.05, 4.69) is 57.8 Å². The standard InChI is InChI=1S/C63H83N17O14/c1-34(2)24-45(58(90)74-43(18-11-23-70-63(68)69)57(89)75-44(54(67)86)26-35-12-5-3-6-13-35)73-53(85)32-72-56(88)46(27-36-14-7-4-8-15-36)77-62(94)50(33-81)80-61(93)49(30-52(66)84)79-59(91)47(28-38-31-71-42-17-10-9-16-40(38)42)78-60(92)48(29-51(65)83)76-55(87)41(64)25-37-19-21-39(82)22-20-37/h3-10,12-17,19-22,31,34,41,43-50,71,81-82H,11,18,23-30,32-33,64H2,1-2H3,(H2,65,83)(H2,66,84)(H2,67,86)(H,72,88)(H,73,85)(H,74,90)(H,75,89)(H,76,87)(H,77,94)(H,78,92)(H,79,91)(H,80,93)(H4,68,69,70). The van der Waals surface area contributed by atoms with E-state index in [1.54, 1.807) is 105 Å². The molecule has 31 heteroatoms. The third-order valence-corrected chi connectivity index (χ3v) is 14.6. The van der Waals surface area contributed by atoms with Crippen molar-refractivity contribution < 1.29 is 67.7 Å². The first kappa shape index (κ1) is 73.8. The van der Waals surface area contributed by atoms with Gasteiger partial charge in [-0.1, -0.05) is 105 Å². The lowest BCUT2D eigenvalue weighted by atomic mass is 10.0. The fourth-order valence-electron chi connectivity index (χ4n) is 9.78. The average Bonchev–Trinajstić information content (AvgIpc) is 1.69. The van der Waals surface area contributed by atoms with Crippen LogP contribution in [0.5, 0.6) is 5.75 Å². The van der Waals surface area contributed by atoms with Gasteiger partial charge in [0.1, 0.15) is 54.1 Å². The summed E-state index contributed by atoms with van der Waals surface area (Å²) in [6, 6.07) is 16.0. The minimum atomic E-state index is -1.91. The number of benzene rings is 4. The van der Waals surface area contributed by atoms with Gasteiger partial charge >= 0.3 is 0 Å². The molecule has 0 fully saturated rings. The van der Waals surface area contributed by atoms with Crippen molar-refractivity contribution >= 4 is 87.7 Å². The number of rotatable bonds is 38. The topological polar surface area (TPSA) is 538 Å². The van der Waals surface area contributed by atoms with E-state index in [1.165, 1.54) is 24.3 Å². The number of carbonyl (C=O) groups is 12. The number of phenolic OH excluding ortho intramolecular Hbond substituents is 1. The molecule has 0 aliphatic carbocycles. The third-order valence-electron chi connectivity index (χ3n) is 14.6. The van der Waals surface area contributed by atoms with Crippen LogP contribution < -0.4 is 82.3 Å². The van der Waals surface area contributed by atoms with Crippen molar-refractivity contribution in [3.05, 3.63) is 138 Å². The summed E-state index contributed by atoms with van der Waals surface area (Å²) in [4.78, 5) is 170. The zero-order valence-electron chi connectivity index (χ0n) is 51.9. The highest BCUT2D eigenvalue weighted by Crippen LogP contribution is 2.20. The first-order valence-corrected chi connectivity index (χ1v) is 30.1. The van der Waals surface area contributed by atoms with Crippen molar-refractivity contribution in [1.29, 1.82) is 0 Å². The van der Waals surface area contributed by atoms with Gasteiger partial charge in [-0.15, -0.1) is 0 Å². The maximum Gasteiger partial charge on any atom is 0.245 e. The highest BCUT2D eigenvalue weighted by molar-refractivity contribution is 6.00. The molecule has 4 aromatic carbocycles. The number of aromatic nitrogens is 1. The summed E-state index contributed by atoms with van der Waals surface area (Å²) in [6.07, 6.45) is -0.457. The van der Waals surface area contributed by atoms with E-state index >= 15 is 0 Å². The Morgan fingerprint density at radius 3 is 1.50 bits per heavy atom. The molecule has 0 aliphatic rings. The largest absolute Gasteiger partial charge is 0.508 e. The molecule has 12 amide bonds. The summed E-state index contributed by atoms with van der Waals surface area (Å²) >= 11 is 0. The molecule has 0 saturated heterocycles. The number of aromatic hydroxyl groups is 1. The average molecular weight is 1300 g/mol. The number of aliphatic imine (C=N–C) groups is 1. The monoisotopic (exact) mass is 1300 g/mol. The van der Waals surface area contributed by atoms with Crippen LogP contribution in [-0.4, -0.2) is 166 Å². The van der Waals surface area contributed by atoms with Crippen molar-refractivity contribution in [3.63, 3.8) is 0 Å². The lowest BCUT2D eigenvalue weighted by Crippen LogP contribution is -2.61. The Labute approximate surface area is 540 Å². The second-order valence-electron chi connectivity index (χ2n) is 22.7. The summed E-state index contributed by atoms with van der Waals surface area (Å²) < 4.78 is 0. The fourth-order valence-corrected chi connectivity index (χ4v) is 9.78. The number of nitrogens with two attached hydrogens (primary N) is 6. The summed E-state index contributed by atoms with van der Waals surface area (Å²) in [7, 11) is 0. The number of amides is 12. The maximum atomic E-state index is 14.5. The van der Waals surface area contributed by atoms with E-state index in [1.807, 2.05) is 0 Å². The number of primary amides is 3. The Balaban J connectivity index is 1.30. The first-order chi connectivity index (χ1) is 44.7. The number of H-pyrrole nitrogens is 1. The molecule has 9 unspecified atom stereocenters. The van der Waals surface area contributed by atoms with Crippen molar-refractivity contribution in [3.8, 4) is 5.75 Å². The highest BCUT2D eigenvalue weighted by atomic mass is 16.3. The van der Waals surface area contributed by atoms with Gasteiger partial charge in [0.25, 0.3) is 0 Å². The molecule has 0 bridgehead atoms. The molecular weight excluding hydrogens is 1220 g/mol. The molecule has 1 aromatic heterocycles. The highest BCUT2D eigenvalue weighted by Gasteiger charge is 2.36. The number of hydrogen-bond donors (Lipinski definition) is 18. The molecule has 9 atom stereocenters. The van der Waals surface area contributed by atoms with Gasteiger partial charge in [-0.2, -0.15) is 0 Å². The van der Waals surface area contributed by atoms with E-state index in [0.717, 1.165) is 0 Å². The van der Waals surface area contributed by atoms with Gasteiger partial charge in [0.15, 0.2) is 5.96 Å². The summed E-state index contributed by atoms with van der Waals surface area (Å²) in [5, 5.41) is 43.1. The lowest BCUT2D eigenvalue weighted by molar-refractivity contribution is -0.136. The van der Waals surface area contributed by atoms with Crippen molar-refractivity contribution in [2.24, 2.45) is 45.3 Å². The number of aliphatic hydroxyl groups is 1. The molecule has 31 nitrogen and oxygen atoms in total. The van der Waals surface area contributed by atoms with Crippen LogP contribution in [0.4, 0.5) is 0 Å². The quantitative estimate of drug-likeness (QED) is 0.0101. The smallest absolute Gasteiger partial charge is 0.245 e. The van der Waals surface area contributed by atoms with Gasteiger partial charge in [-0.05, 0) is 72.1 Å². The van der Waals surface area contributed by atoms with Gasteiger partial charge in [0, 0.05) is 42.9 Å². The minimum absolute atomic E-state index is 0.0204. The Hall–Kier alpha value is -11.0. The van der Waals surface area contributed by atoms with Crippen LogP contribution >= 0.6 is 0 Å². The van der Waals surface area contributed by atoms with Crippen LogP contribution in [0, 0.1) is 5.92 Å². The summed E-state index contributed by atoms with van der Waals surface area (Å²) in [5.74, 6) is -12.4. The lowest BCUT2D eigenvalue weighted by Gasteiger charge is -2.27. The van der Waals surface area contributed by atoms with E-state index < -0.39 is 151 Å². The molecule has 24 N–H and O–H groups in total. The van der Waals surface area contributed by atoms with Crippen molar-refractivity contribution in [2.45, 2.75) is 126 Å². The van der Waals surface area contributed by atoms with Crippen LogP contribution in [0.15, 0.2) is 120 Å². The number of phenols is 1. The Morgan fingerprint density at radius 1 is 0.489 bits per heavy atom. The number of hydrogen-bond acceptors (Lipinski definition) is 16. The fraction of sp³-hybridized carbons (Fsp3) is 0.381. The second kappa shape index (κ2) is 36.8. The third kappa shape index (κ3) is 24.7. The number of fused-ring (bicyclic) bond motifs is 1. The Morgan fingerprint density at radius 2 is 0.947 bits per heavy atom. The zero-order valence-corrected chi connectivity index (χ0v) is 51.9. The molecule has 1 heterocycles. The van der Waals surface area contributed by atoms with Crippen LogP contribution in [-0.2, 0) is 83.2 Å². The minimum Gasteiger partial charge on any atom is -0.508 e. The number of aliphatic hydroxyl groups excluding tert-OH is 1. The number of nitrogens with zero attached hydrogens (tertiary/aromatic N) is 1. The molecule has 5 rings (SSSR count). The van der Waals surface area contributed by atoms with Crippen molar-refractivity contribution in [2.75, 3.05) is 19.7 Å². The van der Waals surface area contributed by atoms with Gasteiger partial charge in [-0.3, -0.25) is 62.5 Å². The van der Waals surface area contributed by atoms with E-state index in [-0.39, 0.29) is 69.1 Å². The summed E-state index contributed by atoms with van der Waals surface area (Å²) in [6.45, 7) is 1.72. The number of para-hydroxylation sites is 1. The molecule has 94 heavy (non-hydrogen) atoms. The van der Waals surface area contributed by atoms with E-state index in [0.29, 0.717) is 33.2 Å². The first-order valence-electron chi connectivity index (χ1n) is 30.1. The molecule has 5 aromatic rings. The van der Waals surface area contributed by atoms with E-state index in [9.17, 15) is 67.7 Å². The van der Waals surface area contributed by atoms with Crippen molar-refractivity contribution in [1.82, 2.24) is 52.8 Å². The summed E-state index contributed by atoms with van der Waals surface area (Å²) in [5.41, 5.74) is 36.7. The molecule has 0 spiro atoms. The van der Waals surface area contributed by atoms with Gasteiger partial charge in [-0.25, -0.2) is 0 Å². The Kier molecular flexibility index (Phi) is 28.9.